The second kappa shape index (κ2) is 6.95. The first kappa shape index (κ1) is 18.5. The van der Waals surface area contributed by atoms with E-state index in [1.54, 1.807) is 6.07 Å². The molecule has 1 aliphatic heterocycles. The normalized spacial score (nSPS) is 19.6. The van der Waals surface area contributed by atoms with Gasteiger partial charge >= 0.3 is 7.60 Å². The highest BCUT2D eigenvalue weighted by Gasteiger charge is 2.29. The van der Waals surface area contributed by atoms with Crippen molar-refractivity contribution in [1.29, 1.82) is 0 Å². The van der Waals surface area contributed by atoms with Gasteiger partial charge in [-0.25, -0.2) is 0 Å². The van der Waals surface area contributed by atoms with E-state index in [2.05, 4.69) is 6.07 Å². The number of aryl methyl sites for hydroxylation is 2. The molecule has 3 N–H and O–H groups in total. The molecule has 2 aromatic rings. The van der Waals surface area contributed by atoms with Gasteiger partial charge in [0.2, 0.25) is 0 Å². The van der Waals surface area contributed by atoms with Gasteiger partial charge in [-0.15, -0.1) is 0 Å². The smallest absolute Gasteiger partial charge is 0.362 e. The first-order chi connectivity index (χ1) is 12.8. The van der Waals surface area contributed by atoms with Gasteiger partial charge in [0.25, 0.3) is 0 Å². The third-order valence-electron chi connectivity index (χ3n) is 5.43. The second-order valence-electron chi connectivity index (χ2n) is 7.39. The van der Waals surface area contributed by atoms with Gasteiger partial charge < -0.3 is 24.4 Å². The maximum Gasteiger partial charge on any atom is 0.362 e. The molecule has 4 rings (SSSR count). The van der Waals surface area contributed by atoms with Crippen LogP contribution in [0.15, 0.2) is 30.3 Å². The lowest BCUT2D eigenvalue weighted by molar-refractivity contribution is 0.00750. The second-order valence-corrected chi connectivity index (χ2v) is 8.98. The summed E-state index contributed by atoms with van der Waals surface area (Å²) in [4.78, 5) is 18.0. The fourth-order valence-electron chi connectivity index (χ4n) is 4.09. The molecule has 7 heteroatoms. The molecule has 1 heterocycles. The summed E-state index contributed by atoms with van der Waals surface area (Å²) in [5, 5.41) is 10.2. The Labute approximate surface area is 157 Å². The number of ether oxygens (including phenoxy) is 2. The summed E-state index contributed by atoms with van der Waals surface area (Å²) >= 11 is 0. The number of hydrogen-bond donors (Lipinski definition) is 3. The van der Waals surface area contributed by atoms with Crippen molar-refractivity contribution < 1.29 is 28.9 Å². The van der Waals surface area contributed by atoms with E-state index >= 15 is 0 Å². The van der Waals surface area contributed by atoms with Crippen molar-refractivity contribution in [2.75, 3.05) is 19.6 Å². The average Bonchev–Trinajstić information content (AvgIpc) is 2.97. The molecular formula is C20H23O6P. The summed E-state index contributed by atoms with van der Waals surface area (Å²) in [5.41, 5.74) is 5.59. The van der Waals surface area contributed by atoms with Gasteiger partial charge in [-0.1, -0.05) is 12.1 Å². The van der Waals surface area contributed by atoms with Gasteiger partial charge in [0, 0.05) is 17.4 Å². The molecule has 1 atom stereocenters. The van der Waals surface area contributed by atoms with Crippen LogP contribution in [0.5, 0.6) is 11.5 Å². The van der Waals surface area contributed by atoms with Crippen molar-refractivity contribution in [1.82, 2.24) is 0 Å². The molecule has 0 spiro atoms. The number of fused-ring (bicyclic) bond motifs is 1. The molecule has 0 radical (unpaired) electrons. The average molecular weight is 390 g/mol. The molecule has 144 valence electrons. The molecule has 6 nitrogen and oxygen atoms in total. The van der Waals surface area contributed by atoms with Crippen LogP contribution < -0.4 is 4.74 Å². The van der Waals surface area contributed by atoms with E-state index in [0.29, 0.717) is 24.7 Å². The number of phenolic OH excluding ortho intramolecular Hbond substituents is 1. The van der Waals surface area contributed by atoms with Crippen LogP contribution >= 0.6 is 7.60 Å². The van der Waals surface area contributed by atoms with E-state index < -0.39 is 13.9 Å². The van der Waals surface area contributed by atoms with Crippen LogP contribution in [0.1, 0.15) is 46.1 Å². The van der Waals surface area contributed by atoms with Crippen molar-refractivity contribution in [3.05, 3.63) is 58.1 Å². The number of hydrogen-bond acceptors (Lipinski definition) is 4. The quantitative estimate of drug-likeness (QED) is 0.677. The lowest BCUT2D eigenvalue weighted by Crippen LogP contribution is -2.25. The molecule has 2 aliphatic rings. The van der Waals surface area contributed by atoms with E-state index in [4.69, 9.17) is 19.3 Å². The fraction of sp³-hybridized carbons (Fsp3) is 0.400. The van der Waals surface area contributed by atoms with E-state index in [9.17, 15) is 9.67 Å². The van der Waals surface area contributed by atoms with Gasteiger partial charge in [0.1, 0.15) is 11.5 Å². The maximum absolute atomic E-state index is 11.0. The summed E-state index contributed by atoms with van der Waals surface area (Å²) in [6.45, 7) is 3.30. The molecule has 0 bridgehead atoms. The summed E-state index contributed by atoms with van der Waals surface area (Å²) in [6, 6.07) is 9.58. The zero-order chi connectivity index (χ0) is 19.2. The van der Waals surface area contributed by atoms with E-state index in [1.165, 1.54) is 11.1 Å². The summed E-state index contributed by atoms with van der Waals surface area (Å²) in [5.74, 6) is 1.32. The summed E-state index contributed by atoms with van der Waals surface area (Å²) in [6.07, 6.45) is 1.24. The van der Waals surface area contributed by atoms with E-state index in [-0.39, 0.29) is 11.8 Å². The number of benzene rings is 2. The predicted octanol–water partition coefficient (Wildman–Crippen LogP) is 3.41. The minimum Gasteiger partial charge on any atom is -0.508 e. The Morgan fingerprint density at radius 3 is 2.67 bits per heavy atom. The maximum atomic E-state index is 11.0. The van der Waals surface area contributed by atoms with Crippen LogP contribution in [0.25, 0.3) is 0 Å². The van der Waals surface area contributed by atoms with Crippen LogP contribution in [0.4, 0.5) is 0 Å². The number of rotatable bonds is 5. The minimum absolute atomic E-state index is 0.246. The van der Waals surface area contributed by atoms with Crippen molar-refractivity contribution in [2.24, 2.45) is 0 Å². The third kappa shape index (κ3) is 3.76. The molecule has 1 unspecified atom stereocenters. The summed E-state index contributed by atoms with van der Waals surface area (Å²) < 4.78 is 21.6. The topological polar surface area (TPSA) is 96.2 Å². The van der Waals surface area contributed by atoms with Crippen molar-refractivity contribution in [3.63, 3.8) is 0 Å². The highest BCUT2D eigenvalue weighted by Crippen LogP contribution is 2.44. The van der Waals surface area contributed by atoms with Crippen molar-refractivity contribution >= 4 is 7.60 Å². The Morgan fingerprint density at radius 1 is 1.22 bits per heavy atom. The predicted molar refractivity (Wildman–Crippen MR) is 101 cm³/mol. The number of phenols is 1. The minimum atomic E-state index is -4.20. The van der Waals surface area contributed by atoms with Crippen molar-refractivity contribution in [2.45, 2.75) is 31.6 Å². The largest absolute Gasteiger partial charge is 0.508 e. The van der Waals surface area contributed by atoms with Gasteiger partial charge in [-0.2, -0.15) is 0 Å². The molecular weight excluding hydrogens is 367 g/mol. The molecule has 27 heavy (non-hydrogen) atoms. The molecule has 2 aromatic carbocycles. The Hall–Kier alpha value is -1.85. The van der Waals surface area contributed by atoms with Crippen LogP contribution in [0.3, 0.4) is 0 Å². The monoisotopic (exact) mass is 390 g/mol. The Balaban J connectivity index is 1.63. The first-order valence-corrected chi connectivity index (χ1v) is 10.8. The van der Waals surface area contributed by atoms with E-state index in [1.807, 2.05) is 25.1 Å². The third-order valence-corrected chi connectivity index (χ3v) is 5.89. The molecule has 1 aliphatic carbocycles. The van der Waals surface area contributed by atoms with Crippen LogP contribution in [-0.2, 0) is 15.7 Å². The highest BCUT2D eigenvalue weighted by molar-refractivity contribution is 7.51. The van der Waals surface area contributed by atoms with Gasteiger partial charge in [-0.3, -0.25) is 4.57 Å². The zero-order valence-corrected chi connectivity index (χ0v) is 16.0. The zero-order valence-electron chi connectivity index (χ0n) is 15.1. The first-order valence-electron chi connectivity index (χ1n) is 9.03. The SMILES string of the molecule is Cc1cc(OCP(=O)(O)O)cc2c1C(c1ccc(O)c(C3COC3)c1)CC2. The van der Waals surface area contributed by atoms with Crippen LogP contribution in [0.2, 0.25) is 0 Å². The molecule has 1 saturated heterocycles. The van der Waals surface area contributed by atoms with Crippen LogP contribution in [0, 0.1) is 6.92 Å². The Kier molecular flexibility index (Phi) is 4.77. The lowest BCUT2D eigenvalue weighted by Gasteiger charge is -2.28. The fourth-order valence-corrected chi connectivity index (χ4v) is 4.41. The lowest BCUT2D eigenvalue weighted by atomic mass is 9.86. The standard InChI is InChI=1S/C20H23O6P/c1-12-6-16(26-11-27(22,23)24)7-14-2-4-17(20(12)14)13-3-5-19(21)18(8-13)15-9-25-10-15/h3,5-8,15,17,21H,2,4,9-11H2,1H3,(H2,22,23,24). The Bertz CT molecular complexity index is 915. The van der Waals surface area contributed by atoms with E-state index in [0.717, 1.165) is 29.5 Å². The molecule has 0 aromatic heterocycles. The molecule has 0 saturated carbocycles. The Morgan fingerprint density at radius 2 is 2.00 bits per heavy atom. The van der Waals surface area contributed by atoms with Crippen molar-refractivity contribution in [3.8, 4) is 11.5 Å². The molecule has 1 fully saturated rings. The van der Waals surface area contributed by atoms with Gasteiger partial charge in [0.05, 0.1) is 13.2 Å². The molecule has 0 amide bonds. The van der Waals surface area contributed by atoms with Crippen LogP contribution in [-0.4, -0.2) is 34.5 Å². The highest BCUT2D eigenvalue weighted by atomic mass is 31.2. The summed E-state index contributed by atoms with van der Waals surface area (Å²) in [7, 11) is -4.20. The number of aromatic hydroxyl groups is 1. The van der Waals surface area contributed by atoms with Gasteiger partial charge in [-0.05, 0) is 60.2 Å². The van der Waals surface area contributed by atoms with Gasteiger partial charge in [0.15, 0.2) is 6.35 Å².